The molecule has 0 saturated carbocycles. The molecule has 6 heteroatoms. The number of halogens is 1. The van der Waals surface area contributed by atoms with Gasteiger partial charge in [-0.25, -0.2) is 4.39 Å². The number of rotatable bonds is 6. The van der Waals surface area contributed by atoms with Crippen LogP contribution in [-0.2, 0) is 16.1 Å². The standard InChI is InChI=1S/C15H20FNO4/c1-15(2,14(19)20)8-13(18)17(3)9-10-5-6-12(21-4)11(16)7-10/h5-7H,8-9H2,1-4H3,(H,19,20). The van der Waals surface area contributed by atoms with E-state index in [0.29, 0.717) is 5.56 Å². The van der Waals surface area contributed by atoms with E-state index in [1.165, 1.54) is 38.0 Å². The van der Waals surface area contributed by atoms with Crippen molar-refractivity contribution in [1.82, 2.24) is 4.90 Å². The Morgan fingerprint density at radius 1 is 1.38 bits per heavy atom. The Kier molecular flexibility index (Phi) is 5.29. The van der Waals surface area contributed by atoms with Crippen molar-refractivity contribution in [3.05, 3.63) is 29.6 Å². The van der Waals surface area contributed by atoms with Crippen LogP contribution in [0.25, 0.3) is 0 Å². The van der Waals surface area contributed by atoms with Gasteiger partial charge in [-0.1, -0.05) is 6.07 Å². The van der Waals surface area contributed by atoms with Gasteiger partial charge in [0.1, 0.15) is 0 Å². The predicted octanol–water partition coefficient (Wildman–Crippen LogP) is 2.29. The summed E-state index contributed by atoms with van der Waals surface area (Å²) in [6, 6.07) is 4.45. The zero-order chi connectivity index (χ0) is 16.2. The molecule has 0 aliphatic rings. The Morgan fingerprint density at radius 3 is 2.48 bits per heavy atom. The van der Waals surface area contributed by atoms with Crippen molar-refractivity contribution < 1.29 is 23.8 Å². The molecule has 0 bridgehead atoms. The number of carbonyl (C=O) groups excluding carboxylic acids is 1. The molecule has 0 atom stereocenters. The number of hydrogen-bond donors (Lipinski definition) is 1. The molecule has 21 heavy (non-hydrogen) atoms. The van der Waals surface area contributed by atoms with Crippen LogP contribution < -0.4 is 4.74 Å². The van der Waals surface area contributed by atoms with Crippen LogP contribution in [0.3, 0.4) is 0 Å². The molecule has 1 N–H and O–H groups in total. The number of amides is 1. The summed E-state index contributed by atoms with van der Waals surface area (Å²) in [6.45, 7) is 3.19. The van der Waals surface area contributed by atoms with Crippen molar-refractivity contribution in [2.24, 2.45) is 5.41 Å². The van der Waals surface area contributed by atoms with Crippen LogP contribution >= 0.6 is 0 Å². The highest BCUT2D eigenvalue weighted by Gasteiger charge is 2.31. The summed E-state index contributed by atoms with van der Waals surface area (Å²) < 4.78 is 18.4. The maximum Gasteiger partial charge on any atom is 0.309 e. The lowest BCUT2D eigenvalue weighted by molar-refractivity contribution is -0.151. The first-order valence-corrected chi connectivity index (χ1v) is 6.47. The minimum atomic E-state index is -1.13. The lowest BCUT2D eigenvalue weighted by Crippen LogP contribution is -2.34. The third kappa shape index (κ3) is 4.44. The number of methoxy groups -OCH3 is 1. The minimum Gasteiger partial charge on any atom is -0.494 e. The fraction of sp³-hybridized carbons (Fsp3) is 0.467. The second kappa shape index (κ2) is 6.56. The van der Waals surface area contributed by atoms with Crippen molar-refractivity contribution in [2.45, 2.75) is 26.8 Å². The quantitative estimate of drug-likeness (QED) is 0.875. The van der Waals surface area contributed by atoms with Crippen molar-refractivity contribution in [3.63, 3.8) is 0 Å². The number of carboxylic acids is 1. The van der Waals surface area contributed by atoms with E-state index in [1.54, 1.807) is 13.1 Å². The van der Waals surface area contributed by atoms with E-state index in [2.05, 4.69) is 0 Å². The van der Waals surface area contributed by atoms with E-state index in [9.17, 15) is 14.0 Å². The second-order valence-electron chi connectivity index (χ2n) is 5.58. The summed E-state index contributed by atoms with van der Waals surface area (Å²) in [4.78, 5) is 24.4. The first-order valence-electron chi connectivity index (χ1n) is 6.47. The molecule has 0 radical (unpaired) electrons. The number of ether oxygens (including phenoxy) is 1. The van der Waals surface area contributed by atoms with Crippen LogP contribution in [-0.4, -0.2) is 36.0 Å². The van der Waals surface area contributed by atoms with Gasteiger partial charge in [0, 0.05) is 20.0 Å². The van der Waals surface area contributed by atoms with Crippen LogP contribution in [0.2, 0.25) is 0 Å². The maximum absolute atomic E-state index is 13.6. The molecule has 116 valence electrons. The highest BCUT2D eigenvalue weighted by atomic mass is 19.1. The van der Waals surface area contributed by atoms with Gasteiger partial charge in [-0.3, -0.25) is 9.59 Å². The summed E-state index contributed by atoms with van der Waals surface area (Å²) in [7, 11) is 2.93. The molecule has 0 spiro atoms. The molecule has 0 fully saturated rings. The van der Waals surface area contributed by atoms with Gasteiger partial charge in [-0.2, -0.15) is 0 Å². The van der Waals surface area contributed by atoms with Crippen LogP contribution in [0.15, 0.2) is 18.2 Å². The maximum atomic E-state index is 13.6. The Labute approximate surface area is 123 Å². The van der Waals surface area contributed by atoms with E-state index < -0.39 is 17.2 Å². The second-order valence-corrected chi connectivity index (χ2v) is 5.58. The van der Waals surface area contributed by atoms with Gasteiger partial charge in [0.25, 0.3) is 0 Å². The highest BCUT2D eigenvalue weighted by Crippen LogP contribution is 2.23. The Morgan fingerprint density at radius 2 is 2.00 bits per heavy atom. The molecule has 1 amide bonds. The molecular weight excluding hydrogens is 277 g/mol. The fourth-order valence-corrected chi connectivity index (χ4v) is 1.76. The van der Waals surface area contributed by atoms with Crippen LogP contribution in [0.4, 0.5) is 4.39 Å². The van der Waals surface area contributed by atoms with Crippen molar-refractivity contribution in [1.29, 1.82) is 0 Å². The van der Waals surface area contributed by atoms with E-state index in [-0.39, 0.29) is 24.6 Å². The summed E-state index contributed by atoms with van der Waals surface area (Å²) in [5.41, 5.74) is -0.520. The Balaban J connectivity index is 2.72. The average Bonchev–Trinajstić information content (AvgIpc) is 2.38. The molecular formula is C15H20FNO4. The number of carboxylic acid groups (broad SMARTS) is 1. The molecule has 0 unspecified atom stereocenters. The molecule has 0 aliphatic carbocycles. The smallest absolute Gasteiger partial charge is 0.309 e. The molecule has 0 saturated heterocycles. The van der Waals surface area contributed by atoms with Gasteiger partial charge < -0.3 is 14.7 Å². The largest absolute Gasteiger partial charge is 0.494 e. The van der Waals surface area contributed by atoms with E-state index >= 15 is 0 Å². The summed E-state index contributed by atoms with van der Waals surface area (Å²) in [6.07, 6.45) is -0.114. The third-order valence-electron chi connectivity index (χ3n) is 3.23. The first kappa shape index (κ1) is 16.9. The number of benzene rings is 1. The summed E-state index contributed by atoms with van der Waals surface area (Å²) in [5.74, 6) is -1.69. The van der Waals surface area contributed by atoms with E-state index in [4.69, 9.17) is 9.84 Å². The fourth-order valence-electron chi connectivity index (χ4n) is 1.76. The number of nitrogens with zero attached hydrogens (tertiary/aromatic N) is 1. The topological polar surface area (TPSA) is 66.8 Å². The van der Waals surface area contributed by atoms with E-state index in [0.717, 1.165) is 0 Å². The predicted molar refractivity (Wildman–Crippen MR) is 75.5 cm³/mol. The lowest BCUT2D eigenvalue weighted by atomic mass is 9.89. The van der Waals surface area contributed by atoms with Crippen molar-refractivity contribution in [2.75, 3.05) is 14.2 Å². The normalized spacial score (nSPS) is 11.1. The molecule has 0 aliphatic heterocycles. The number of hydrogen-bond acceptors (Lipinski definition) is 3. The minimum absolute atomic E-state index is 0.114. The molecule has 0 aromatic heterocycles. The average molecular weight is 297 g/mol. The first-order chi connectivity index (χ1) is 9.67. The van der Waals surface area contributed by atoms with Crippen LogP contribution in [0, 0.1) is 11.2 Å². The van der Waals surface area contributed by atoms with Crippen LogP contribution in [0.1, 0.15) is 25.8 Å². The van der Waals surface area contributed by atoms with Crippen molar-refractivity contribution >= 4 is 11.9 Å². The number of aliphatic carboxylic acids is 1. The molecule has 5 nitrogen and oxygen atoms in total. The van der Waals surface area contributed by atoms with Gasteiger partial charge in [0.15, 0.2) is 11.6 Å². The Bertz CT molecular complexity index is 542. The van der Waals surface area contributed by atoms with Gasteiger partial charge >= 0.3 is 5.97 Å². The highest BCUT2D eigenvalue weighted by molar-refractivity contribution is 5.84. The van der Waals surface area contributed by atoms with Gasteiger partial charge in [0.2, 0.25) is 5.91 Å². The summed E-state index contributed by atoms with van der Waals surface area (Å²) >= 11 is 0. The van der Waals surface area contributed by atoms with Gasteiger partial charge in [-0.15, -0.1) is 0 Å². The third-order valence-corrected chi connectivity index (χ3v) is 3.23. The zero-order valence-corrected chi connectivity index (χ0v) is 12.6. The molecule has 0 heterocycles. The van der Waals surface area contributed by atoms with Gasteiger partial charge in [0.05, 0.1) is 12.5 Å². The molecule has 1 aromatic carbocycles. The SMILES string of the molecule is COc1ccc(CN(C)C(=O)CC(C)(C)C(=O)O)cc1F. The Hall–Kier alpha value is -2.11. The van der Waals surface area contributed by atoms with E-state index in [1.807, 2.05) is 0 Å². The monoisotopic (exact) mass is 297 g/mol. The number of carbonyl (C=O) groups is 2. The molecule has 1 aromatic rings. The summed E-state index contributed by atoms with van der Waals surface area (Å²) in [5, 5.41) is 9.02. The lowest BCUT2D eigenvalue weighted by Gasteiger charge is -2.23. The van der Waals surface area contributed by atoms with Gasteiger partial charge in [-0.05, 0) is 31.5 Å². The molecule has 1 rings (SSSR count). The van der Waals surface area contributed by atoms with Crippen LogP contribution in [0.5, 0.6) is 5.75 Å². The van der Waals surface area contributed by atoms with Crippen molar-refractivity contribution in [3.8, 4) is 5.75 Å². The zero-order valence-electron chi connectivity index (χ0n) is 12.6.